The number of aromatic nitrogens is 2. The van der Waals surface area contributed by atoms with E-state index < -0.39 is 5.82 Å². The first-order valence-corrected chi connectivity index (χ1v) is 8.24. The summed E-state index contributed by atoms with van der Waals surface area (Å²) in [7, 11) is 0. The number of hydrogen-bond donors (Lipinski definition) is 2. The van der Waals surface area contributed by atoms with Gasteiger partial charge in [0.15, 0.2) is 0 Å². The molecule has 0 atom stereocenters. The largest absolute Gasteiger partial charge is 0.324 e. The highest BCUT2D eigenvalue weighted by molar-refractivity contribution is 6.31. The second-order valence-corrected chi connectivity index (χ2v) is 6.20. The van der Waals surface area contributed by atoms with Gasteiger partial charge in [0.1, 0.15) is 11.5 Å². The topological polar surface area (TPSA) is 66.9 Å². The molecule has 0 aliphatic carbocycles. The Bertz CT molecular complexity index is 978. The van der Waals surface area contributed by atoms with Crippen molar-refractivity contribution in [3.63, 3.8) is 0 Å². The van der Waals surface area contributed by atoms with Crippen LogP contribution in [-0.4, -0.2) is 15.9 Å². The molecule has 0 saturated heterocycles. The second-order valence-electron chi connectivity index (χ2n) is 5.79. The first-order valence-electron chi connectivity index (χ1n) is 7.86. The van der Waals surface area contributed by atoms with E-state index in [-0.39, 0.29) is 22.6 Å². The third-order valence-electron chi connectivity index (χ3n) is 3.69. The van der Waals surface area contributed by atoms with E-state index in [4.69, 9.17) is 11.6 Å². The minimum atomic E-state index is -0.514. The number of aryl methyl sites for hydroxylation is 2. The van der Waals surface area contributed by atoms with Crippen LogP contribution in [0.15, 0.2) is 48.7 Å². The fourth-order valence-electron chi connectivity index (χ4n) is 2.39. The zero-order valence-electron chi connectivity index (χ0n) is 14.2. The van der Waals surface area contributed by atoms with E-state index in [2.05, 4.69) is 20.6 Å². The predicted molar refractivity (Wildman–Crippen MR) is 101 cm³/mol. The number of nitrogens with one attached hydrogen (secondary N) is 2. The van der Waals surface area contributed by atoms with Gasteiger partial charge in [0.25, 0.3) is 5.91 Å². The molecule has 7 heteroatoms. The van der Waals surface area contributed by atoms with Crippen LogP contribution < -0.4 is 10.6 Å². The maximum atomic E-state index is 13.2. The molecule has 0 bridgehead atoms. The van der Waals surface area contributed by atoms with Crippen LogP contribution in [0.3, 0.4) is 0 Å². The standard InChI is InChI=1S/C19H16ClFN4O/c1-11-3-6-16(12(2)9-11)24-18(26)17-7-8-22-19(25-17)23-13-4-5-15(21)14(20)10-13/h3-10H,1-2H3,(H,24,26)(H,22,23,25). The smallest absolute Gasteiger partial charge is 0.274 e. The van der Waals surface area contributed by atoms with Crippen molar-refractivity contribution in [1.29, 1.82) is 0 Å². The second kappa shape index (κ2) is 7.49. The molecule has 1 aromatic heterocycles. The molecule has 0 saturated carbocycles. The first kappa shape index (κ1) is 17.8. The van der Waals surface area contributed by atoms with Gasteiger partial charge in [-0.15, -0.1) is 0 Å². The summed E-state index contributed by atoms with van der Waals surface area (Å²) in [4.78, 5) is 20.7. The monoisotopic (exact) mass is 370 g/mol. The molecule has 3 rings (SSSR count). The quantitative estimate of drug-likeness (QED) is 0.686. The summed E-state index contributed by atoms with van der Waals surface area (Å²) in [6, 6.07) is 11.4. The van der Waals surface area contributed by atoms with Crippen molar-refractivity contribution in [2.24, 2.45) is 0 Å². The van der Waals surface area contributed by atoms with Gasteiger partial charge < -0.3 is 10.6 Å². The number of hydrogen-bond acceptors (Lipinski definition) is 4. The third-order valence-corrected chi connectivity index (χ3v) is 3.98. The fraction of sp³-hybridized carbons (Fsp3) is 0.105. The predicted octanol–water partition coefficient (Wildman–Crippen LogP) is 4.88. The Kier molecular flexibility index (Phi) is 5.14. The van der Waals surface area contributed by atoms with Gasteiger partial charge in [-0.05, 0) is 49.7 Å². The lowest BCUT2D eigenvalue weighted by Gasteiger charge is -2.10. The van der Waals surface area contributed by atoms with Crippen molar-refractivity contribution in [2.45, 2.75) is 13.8 Å². The summed E-state index contributed by atoms with van der Waals surface area (Å²) in [5, 5.41) is 5.72. The minimum absolute atomic E-state index is 0.0151. The lowest BCUT2D eigenvalue weighted by molar-refractivity contribution is 0.102. The highest BCUT2D eigenvalue weighted by atomic mass is 35.5. The highest BCUT2D eigenvalue weighted by Crippen LogP contribution is 2.21. The van der Waals surface area contributed by atoms with Gasteiger partial charge in [0.2, 0.25) is 5.95 Å². The molecule has 26 heavy (non-hydrogen) atoms. The summed E-state index contributed by atoms with van der Waals surface area (Å²) in [6.45, 7) is 3.91. The Morgan fingerprint density at radius 2 is 1.92 bits per heavy atom. The number of carbonyl (C=O) groups is 1. The number of nitrogens with zero attached hydrogens (tertiary/aromatic N) is 2. The van der Waals surface area contributed by atoms with Gasteiger partial charge >= 0.3 is 0 Å². The van der Waals surface area contributed by atoms with Crippen LogP contribution in [0.5, 0.6) is 0 Å². The highest BCUT2D eigenvalue weighted by Gasteiger charge is 2.11. The Morgan fingerprint density at radius 3 is 2.65 bits per heavy atom. The minimum Gasteiger partial charge on any atom is -0.324 e. The van der Waals surface area contributed by atoms with Crippen LogP contribution in [0.25, 0.3) is 0 Å². The zero-order valence-corrected chi connectivity index (χ0v) is 14.9. The molecular formula is C19H16ClFN4O. The number of anilines is 3. The molecule has 0 spiro atoms. The Labute approximate surface area is 155 Å². The number of halogens is 2. The van der Waals surface area contributed by atoms with Crippen LogP contribution in [0, 0.1) is 19.7 Å². The summed E-state index contributed by atoms with van der Waals surface area (Å²) >= 11 is 5.76. The van der Waals surface area contributed by atoms with Gasteiger partial charge in [-0.25, -0.2) is 14.4 Å². The van der Waals surface area contributed by atoms with Crippen molar-refractivity contribution in [2.75, 3.05) is 10.6 Å². The average molecular weight is 371 g/mol. The Hall–Kier alpha value is -2.99. The molecule has 2 aromatic carbocycles. The van der Waals surface area contributed by atoms with Crippen LogP contribution in [0.1, 0.15) is 21.6 Å². The molecular weight excluding hydrogens is 355 g/mol. The molecule has 132 valence electrons. The van der Waals surface area contributed by atoms with E-state index in [1.807, 2.05) is 32.0 Å². The van der Waals surface area contributed by atoms with Crippen LogP contribution in [0.2, 0.25) is 5.02 Å². The average Bonchev–Trinajstić information content (AvgIpc) is 2.61. The van der Waals surface area contributed by atoms with Gasteiger partial charge in [0.05, 0.1) is 5.02 Å². The van der Waals surface area contributed by atoms with Crippen molar-refractivity contribution < 1.29 is 9.18 Å². The molecule has 0 radical (unpaired) electrons. The van der Waals surface area contributed by atoms with Gasteiger partial charge in [-0.3, -0.25) is 4.79 Å². The molecule has 0 aliphatic rings. The lowest BCUT2D eigenvalue weighted by atomic mass is 10.1. The normalized spacial score (nSPS) is 10.5. The van der Waals surface area contributed by atoms with Crippen molar-refractivity contribution in [3.8, 4) is 0 Å². The van der Waals surface area contributed by atoms with Gasteiger partial charge in [-0.1, -0.05) is 29.3 Å². The van der Waals surface area contributed by atoms with Crippen molar-refractivity contribution in [3.05, 3.63) is 76.3 Å². The summed E-state index contributed by atoms with van der Waals surface area (Å²) in [6.07, 6.45) is 1.47. The number of amides is 1. The summed E-state index contributed by atoms with van der Waals surface area (Å²) < 4.78 is 13.2. The van der Waals surface area contributed by atoms with Crippen LogP contribution in [-0.2, 0) is 0 Å². The molecule has 0 aliphatic heterocycles. The van der Waals surface area contributed by atoms with E-state index >= 15 is 0 Å². The maximum absolute atomic E-state index is 13.2. The molecule has 0 fully saturated rings. The summed E-state index contributed by atoms with van der Waals surface area (Å²) in [5.41, 5.74) is 3.52. The fourth-order valence-corrected chi connectivity index (χ4v) is 2.57. The van der Waals surface area contributed by atoms with Gasteiger partial charge in [-0.2, -0.15) is 0 Å². The van der Waals surface area contributed by atoms with E-state index in [9.17, 15) is 9.18 Å². The molecule has 1 amide bonds. The first-order chi connectivity index (χ1) is 12.4. The number of rotatable bonds is 4. The van der Waals surface area contributed by atoms with E-state index in [0.717, 1.165) is 16.8 Å². The van der Waals surface area contributed by atoms with Crippen LogP contribution >= 0.6 is 11.6 Å². The Morgan fingerprint density at radius 1 is 1.12 bits per heavy atom. The zero-order chi connectivity index (χ0) is 18.7. The van der Waals surface area contributed by atoms with Crippen LogP contribution in [0.4, 0.5) is 21.7 Å². The van der Waals surface area contributed by atoms with E-state index in [0.29, 0.717) is 5.69 Å². The van der Waals surface area contributed by atoms with Crippen molar-refractivity contribution >= 4 is 34.8 Å². The van der Waals surface area contributed by atoms with Gasteiger partial charge in [0, 0.05) is 17.6 Å². The lowest BCUT2D eigenvalue weighted by Crippen LogP contribution is -2.15. The summed E-state index contributed by atoms with van der Waals surface area (Å²) in [5.74, 6) is -0.653. The molecule has 2 N–H and O–H groups in total. The number of carbonyl (C=O) groups excluding carboxylic acids is 1. The van der Waals surface area contributed by atoms with E-state index in [1.165, 1.54) is 30.5 Å². The van der Waals surface area contributed by atoms with Crippen molar-refractivity contribution in [1.82, 2.24) is 9.97 Å². The third kappa shape index (κ3) is 4.15. The Balaban J connectivity index is 1.77. The number of benzene rings is 2. The molecule has 3 aromatic rings. The molecule has 0 unspecified atom stereocenters. The maximum Gasteiger partial charge on any atom is 0.274 e. The SMILES string of the molecule is Cc1ccc(NC(=O)c2ccnc(Nc3ccc(F)c(Cl)c3)n2)c(C)c1. The van der Waals surface area contributed by atoms with E-state index in [1.54, 1.807) is 0 Å². The molecule has 1 heterocycles. The molecule has 5 nitrogen and oxygen atoms in total.